The van der Waals surface area contributed by atoms with E-state index in [0.717, 1.165) is 37.7 Å². The van der Waals surface area contributed by atoms with Gasteiger partial charge in [-0.25, -0.2) is 4.98 Å². The molecule has 142 valence electrons. The molecule has 1 saturated heterocycles. The second kappa shape index (κ2) is 8.49. The van der Waals surface area contributed by atoms with Crippen LogP contribution in [0, 0.1) is 0 Å². The first-order valence-electron chi connectivity index (χ1n) is 9.16. The van der Waals surface area contributed by atoms with Crippen molar-refractivity contribution in [3.63, 3.8) is 0 Å². The van der Waals surface area contributed by atoms with E-state index in [-0.39, 0.29) is 5.91 Å². The fourth-order valence-corrected chi connectivity index (χ4v) is 3.04. The average Bonchev–Trinajstić information content (AvgIpc) is 2.77. The van der Waals surface area contributed by atoms with Crippen LogP contribution in [-0.2, 0) is 4.74 Å². The van der Waals surface area contributed by atoms with Crippen molar-refractivity contribution in [2.45, 2.75) is 0 Å². The smallest absolute Gasteiger partial charge is 0.257 e. The highest BCUT2D eigenvalue weighted by atomic mass is 16.5. The minimum atomic E-state index is -0.215. The lowest BCUT2D eigenvalue weighted by Gasteiger charge is -2.30. The molecule has 1 aliphatic rings. The fourth-order valence-electron chi connectivity index (χ4n) is 3.04. The summed E-state index contributed by atoms with van der Waals surface area (Å²) >= 11 is 0. The molecule has 0 aliphatic carbocycles. The van der Waals surface area contributed by atoms with Gasteiger partial charge in [0.2, 0.25) is 0 Å². The van der Waals surface area contributed by atoms with Gasteiger partial charge in [0.05, 0.1) is 42.0 Å². The van der Waals surface area contributed by atoms with Gasteiger partial charge in [0.25, 0.3) is 5.91 Å². The predicted octanol–water partition coefficient (Wildman–Crippen LogP) is 3.31. The number of hydrogen-bond acceptors (Lipinski definition) is 6. The zero-order chi connectivity index (χ0) is 19.2. The maximum Gasteiger partial charge on any atom is 0.257 e. The highest BCUT2D eigenvalue weighted by molar-refractivity contribution is 6.03. The summed E-state index contributed by atoms with van der Waals surface area (Å²) in [5.41, 5.74) is 3.25. The van der Waals surface area contributed by atoms with E-state index in [1.165, 1.54) is 6.20 Å². The Kier molecular flexibility index (Phi) is 5.44. The minimum Gasteiger partial charge on any atom is -0.378 e. The van der Waals surface area contributed by atoms with Crippen LogP contribution in [0.25, 0.3) is 0 Å². The number of rotatable bonds is 5. The molecule has 0 spiro atoms. The molecule has 28 heavy (non-hydrogen) atoms. The van der Waals surface area contributed by atoms with Gasteiger partial charge in [0, 0.05) is 25.5 Å². The predicted molar refractivity (Wildman–Crippen MR) is 109 cm³/mol. The number of anilines is 4. The molecular formula is C21H21N5O2. The third-order valence-electron chi connectivity index (χ3n) is 4.46. The molecule has 1 aromatic carbocycles. The summed E-state index contributed by atoms with van der Waals surface area (Å²) in [5.74, 6) is 0.494. The number of carbonyl (C=O) groups excluding carboxylic acids is 1. The number of aromatic nitrogens is 2. The second-order valence-corrected chi connectivity index (χ2v) is 6.37. The van der Waals surface area contributed by atoms with Crippen LogP contribution in [0.1, 0.15) is 10.4 Å². The Morgan fingerprint density at radius 2 is 1.86 bits per heavy atom. The molecule has 2 N–H and O–H groups in total. The largest absolute Gasteiger partial charge is 0.378 e. The SMILES string of the molecule is O=C(Nc1ccc(Nc2ccccc2N2CCOCC2)nc1)c1cccnc1. The molecule has 7 heteroatoms. The van der Waals surface area contributed by atoms with Crippen LogP contribution < -0.4 is 15.5 Å². The number of ether oxygens (including phenoxy) is 1. The first-order valence-corrected chi connectivity index (χ1v) is 9.16. The second-order valence-electron chi connectivity index (χ2n) is 6.37. The molecule has 4 rings (SSSR count). The van der Waals surface area contributed by atoms with Gasteiger partial charge in [0.1, 0.15) is 5.82 Å². The van der Waals surface area contributed by atoms with Crippen molar-refractivity contribution >= 4 is 28.8 Å². The quantitative estimate of drug-likeness (QED) is 0.712. The Balaban J connectivity index is 1.44. The minimum absolute atomic E-state index is 0.215. The fraction of sp³-hybridized carbons (Fsp3) is 0.190. The van der Waals surface area contributed by atoms with Crippen molar-refractivity contribution < 1.29 is 9.53 Å². The number of benzene rings is 1. The normalized spacial score (nSPS) is 13.8. The summed E-state index contributed by atoms with van der Waals surface area (Å²) in [6.07, 6.45) is 4.79. The molecule has 1 aliphatic heterocycles. The van der Waals surface area contributed by atoms with E-state index in [9.17, 15) is 4.79 Å². The first-order chi connectivity index (χ1) is 13.8. The van der Waals surface area contributed by atoms with Crippen molar-refractivity contribution in [2.24, 2.45) is 0 Å². The lowest BCUT2D eigenvalue weighted by Crippen LogP contribution is -2.36. The van der Waals surface area contributed by atoms with Crippen molar-refractivity contribution in [3.8, 4) is 0 Å². The van der Waals surface area contributed by atoms with E-state index in [1.807, 2.05) is 30.3 Å². The number of pyridine rings is 2. The van der Waals surface area contributed by atoms with Gasteiger partial charge >= 0.3 is 0 Å². The molecule has 3 heterocycles. The van der Waals surface area contributed by atoms with Crippen molar-refractivity contribution in [1.82, 2.24) is 9.97 Å². The van der Waals surface area contributed by atoms with Crippen LogP contribution in [0.3, 0.4) is 0 Å². The lowest BCUT2D eigenvalue weighted by atomic mass is 10.2. The summed E-state index contributed by atoms with van der Waals surface area (Å²) < 4.78 is 5.44. The van der Waals surface area contributed by atoms with Gasteiger partial charge in [-0.1, -0.05) is 12.1 Å². The molecule has 3 aromatic rings. The monoisotopic (exact) mass is 375 g/mol. The number of morpholine rings is 1. The zero-order valence-corrected chi connectivity index (χ0v) is 15.3. The van der Waals surface area contributed by atoms with Crippen molar-refractivity contribution in [1.29, 1.82) is 0 Å². The van der Waals surface area contributed by atoms with Gasteiger partial charge in [0.15, 0.2) is 0 Å². The van der Waals surface area contributed by atoms with Gasteiger partial charge in [-0.05, 0) is 36.4 Å². The molecule has 2 aromatic heterocycles. The molecule has 0 radical (unpaired) electrons. The van der Waals surface area contributed by atoms with Crippen LogP contribution in [0.2, 0.25) is 0 Å². The number of para-hydroxylation sites is 2. The van der Waals surface area contributed by atoms with Crippen LogP contribution in [0.4, 0.5) is 22.9 Å². The molecule has 0 unspecified atom stereocenters. The zero-order valence-electron chi connectivity index (χ0n) is 15.3. The summed E-state index contributed by atoms with van der Waals surface area (Å²) in [4.78, 5) is 22.9. The van der Waals surface area contributed by atoms with Crippen molar-refractivity contribution in [3.05, 3.63) is 72.7 Å². The standard InChI is InChI=1S/C21H21N5O2/c27-21(16-4-3-9-22-14-16)24-17-7-8-20(23-15-17)25-18-5-1-2-6-19(18)26-10-12-28-13-11-26/h1-9,14-15H,10-13H2,(H,23,25)(H,24,27). The molecule has 7 nitrogen and oxygen atoms in total. The average molecular weight is 375 g/mol. The number of nitrogens with zero attached hydrogens (tertiary/aromatic N) is 3. The third kappa shape index (κ3) is 4.27. The molecule has 0 saturated carbocycles. The van der Waals surface area contributed by atoms with Crippen LogP contribution >= 0.6 is 0 Å². The molecule has 1 fully saturated rings. The van der Waals surface area contributed by atoms with Gasteiger partial charge in [-0.15, -0.1) is 0 Å². The van der Waals surface area contributed by atoms with Gasteiger partial charge < -0.3 is 20.3 Å². The highest BCUT2D eigenvalue weighted by Crippen LogP contribution is 2.28. The number of nitrogens with one attached hydrogen (secondary N) is 2. The summed E-state index contributed by atoms with van der Waals surface area (Å²) in [7, 11) is 0. The maximum absolute atomic E-state index is 12.2. The number of hydrogen-bond donors (Lipinski definition) is 2. The first kappa shape index (κ1) is 17.9. The number of carbonyl (C=O) groups is 1. The van der Waals surface area contributed by atoms with Gasteiger partial charge in [-0.3, -0.25) is 9.78 Å². The Morgan fingerprint density at radius 3 is 2.61 bits per heavy atom. The number of amides is 1. The summed E-state index contributed by atoms with van der Waals surface area (Å²) in [5, 5.41) is 6.19. The third-order valence-corrected chi connectivity index (χ3v) is 4.46. The van der Waals surface area contributed by atoms with Crippen LogP contribution in [-0.4, -0.2) is 42.2 Å². The van der Waals surface area contributed by atoms with Gasteiger partial charge in [-0.2, -0.15) is 0 Å². The summed E-state index contributed by atoms with van der Waals surface area (Å²) in [6.45, 7) is 3.20. The summed E-state index contributed by atoms with van der Waals surface area (Å²) in [6, 6.07) is 15.3. The van der Waals surface area contributed by atoms with Crippen molar-refractivity contribution in [2.75, 3.05) is 41.8 Å². The highest BCUT2D eigenvalue weighted by Gasteiger charge is 2.14. The Morgan fingerprint density at radius 1 is 1.00 bits per heavy atom. The Hall–Kier alpha value is -3.45. The van der Waals surface area contributed by atoms with E-state index in [1.54, 1.807) is 24.5 Å². The van der Waals surface area contributed by atoms with E-state index in [2.05, 4.69) is 31.6 Å². The topological polar surface area (TPSA) is 79.4 Å². The Bertz CT molecular complexity index is 925. The Labute approximate surface area is 163 Å². The lowest BCUT2D eigenvalue weighted by molar-refractivity contribution is 0.102. The molecule has 1 amide bonds. The maximum atomic E-state index is 12.2. The van der Waals surface area contributed by atoms with Crippen LogP contribution in [0.5, 0.6) is 0 Å². The molecule has 0 atom stereocenters. The molecular weight excluding hydrogens is 354 g/mol. The van der Waals surface area contributed by atoms with E-state index in [4.69, 9.17) is 4.74 Å². The van der Waals surface area contributed by atoms with E-state index >= 15 is 0 Å². The van der Waals surface area contributed by atoms with E-state index in [0.29, 0.717) is 17.1 Å². The van der Waals surface area contributed by atoms with Crippen LogP contribution in [0.15, 0.2) is 67.1 Å². The van der Waals surface area contributed by atoms with E-state index < -0.39 is 0 Å². The molecule has 0 bridgehead atoms.